The first kappa shape index (κ1) is 10.1. The Hall–Kier alpha value is 0.01000. The Bertz CT molecular complexity index is 174. The van der Waals surface area contributed by atoms with Gasteiger partial charge in [-0.2, -0.15) is 13.2 Å². The molecule has 0 heterocycles. The zero-order valence-corrected chi connectivity index (χ0v) is 8.03. The highest BCUT2D eigenvalue weighted by molar-refractivity contribution is 9.09. The van der Waals surface area contributed by atoms with Crippen LogP contribution in [0.3, 0.4) is 0 Å². The Balaban J connectivity index is 2.67. The molecular weight excluding hydrogens is 233 g/mol. The molecule has 0 N–H and O–H groups in total. The first-order valence-electron chi connectivity index (χ1n) is 3.83. The molecule has 12 heavy (non-hydrogen) atoms. The lowest BCUT2D eigenvalue weighted by molar-refractivity contribution is -0.186. The number of alkyl halides is 4. The third kappa shape index (κ3) is 2.25. The highest BCUT2D eigenvalue weighted by Crippen LogP contribution is 2.39. The fourth-order valence-corrected chi connectivity index (χ4v) is 2.16. The maximum absolute atomic E-state index is 12.3. The Morgan fingerprint density at radius 3 is 2.25 bits per heavy atom. The maximum atomic E-state index is 12.3. The van der Waals surface area contributed by atoms with Crippen LogP contribution in [0.4, 0.5) is 13.2 Å². The summed E-state index contributed by atoms with van der Waals surface area (Å²) in [6.45, 7) is 0. The molecule has 0 bridgehead atoms. The molecule has 0 aromatic carbocycles. The van der Waals surface area contributed by atoms with Crippen LogP contribution in [-0.2, 0) is 0 Å². The molecule has 0 unspecified atom stereocenters. The summed E-state index contributed by atoms with van der Waals surface area (Å²) >= 11 is 3.11. The fourth-order valence-electron chi connectivity index (χ4n) is 1.44. The van der Waals surface area contributed by atoms with Gasteiger partial charge in [0.15, 0.2) is 0 Å². The molecule has 1 rings (SSSR count). The van der Waals surface area contributed by atoms with Crippen LogP contribution in [0, 0.1) is 11.8 Å². The van der Waals surface area contributed by atoms with E-state index in [9.17, 15) is 13.2 Å². The lowest BCUT2D eigenvalue weighted by atomic mass is 9.84. The van der Waals surface area contributed by atoms with Crippen molar-refractivity contribution in [2.24, 2.45) is 11.8 Å². The normalized spacial score (nSPS) is 30.7. The van der Waals surface area contributed by atoms with Gasteiger partial charge in [0.25, 0.3) is 0 Å². The molecule has 0 fully saturated rings. The smallest absolute Gasteiger partial charge is 0.171 e. The van der Waals surface area contributed by atoms with Crippen LogP contribution in [-0.4, -0.2) is 11.5 Å². The number of halogens is 4. The van der Waals surface area contributed by atoms with Gasteiger partial charge in [0, 0.05) is 5.33 Å². The second-order valence-corrected chi connectivity index (χ2v) is 3.65. The summed E-state index contributed by atoms with van der Waals surface area (Å²) in [5, 5.41) is 0.432. The molecular formula is C8H10BrF3. The zero-order chi connectivity index (χ0) is 9.19. The van der Waals surface area contributed by atoms with E-state index in [2.05, 4.69) is 15.9 Å². The van der Waals surface area contributed by atoms with E-state index in [1.807, 2.05) is 6.08 Å². The third-order valence-corrected chi connectivity index (χ3v) is 3.01. The topological polar surface area (TPSA) is 0 Å². The number of hydrogen-bond donors (Lipinski definition) is 0. The minimum absolute atomic E-state index is 0.139. The molecule has 0 saturated heterocycles. The first-order chi connectivity index (χ1) is 5.55. The monoisotopic (exact) mass is 242 g/mol. The van der Waals surface area contributed by atoms with E-state index in [0.717, 1.165) is 0 Å². The second-order valence-electron chi connectivity index (χ2n) is 3.01. The van der Waals surface area contributed by atoms with Crippen molar-refractivity contribution in [2.75, 3.05) is 5.33 Å². The summed E-state index contributed by atoms with van der Waals surface area (Å²) in [6, 6.07) is 0. The van der Waals surface area contributed by atoms with Crippen molar-refractivity contribution in [3.8, 4) is 0 Å². The van der Waals surface area contributed by atoms with Crippen LogP contribution >= 0.6 is 15.9 Å². The van der Waals surface area contributed by atoms with Gasteiger partial charge in [-0.05, 0) is 18.8 Å². The molecule has 0 aromatic heterocycles. The molecule has 0 aromatic rings. The van der Waals surface area contributed by atoms with Gasteiger partial charge in [-0.25, -0.2) is 0 Å². The van der Waals surface area contributed by atoms with Crippen LogP contribution in [0.5, 0.6) is 0 Å². The van der Waals surface area contributed by atoms with Gasteiger partial charge in [0.1, 0.15) is 0 Å². The van der Waals surface area contributed by atoms with E-state index in [-0.39, 0.29) is 12.3 Å². The van der Waals surface area contributed by atoms with Crippen LogP contribution in [0.25, 0.3) is 0 Å². The quantitative estimate of drug-likeness (QED) is 0.488. The van der Waals surface area contributed by atoms with Crippen molar-refractivity contribution in [1.82, 2.24) is 0 Å². The SMILES string of the molecule is FC(F)(F)[C@@H]1CC=CC[C@H]1CBr. The van der Waals surface area contributed by atoms with Gasteiger partial charge in [-0.1, -0.05) is 28.1 Å². The van der Waals surface area contributed by atoms with Crippen molar-refractivity contribution in [1.29, 1.82) is 0 Å². The van der Waals surface area contributed by atoms with Crippen molar-refractivity contribution in [3.05, 3.63) is 12.2 Å². The summed E-state index contributed by atoms with van der Waals surface area (Å²) in [6.07, 6.45) is 0.0872. The molecule has 0 saturated carbocycles. The molecule has 0 amide bonds. The van der Waals surface area contributed by atoms with E-state index in [1.165, 1.54) is 0 Å². The largest absolute Gasteiger partial charge is 0.392 e. The molecule has 0 aliphatic heterocycles. The van der Waals surface area contributed by atoms with E-state index in [0.29, 0.717) is 11.8 Å². The summed E-state index contributed by atoms with van der Waals surface area (Å²) in [5.74, 6) is -1.43. The zero-order valence-electron chi connectivity index (χ0n) is 6.44. The van der Waals surface area contributed by atoms with Gasteiger partial charge < -0.3 is 0 Å². The summed E-state index contributed by atoms with van der Waals surface area (Å²) in [5.41, 5.74) is 0. The average molecular weight is 243 g/mol. The molecule has 0 nitrogen and oxygen atoms in total. The molecule has 4 heteroatoms. The molecule has 2 atom stereocenters. The summed E-state index contributed by atoms with van der Waals surface area (Å²) < 4.78 is 37.0. The number of hydrogen-bond acceptors (Lipinski definition) is 0. The predicted octanol–water partition coefficient (Wildman–Crippen LogP) is 3.53. The van der Waals surface area contributed by atoms with Crippen molar-refractivity contribution in [3.63, 3.8) is 0 Å². The maximum Gasteiger partial charge on any atom is 0.392 e. The van der Waals surface area contributed by atoms with Crippen LogP contribution in [0.1, 0.15) is 12.8 Å². The minimum Gasteiger partial charge on any atom is -0.171 e. The third-order valence-electron chi connectivity index (χ3n) is 2.18. The van der Waals surface area contributed by atoms with Crippen LogP contribution in [0.15, 0.2) is 12.2 Å². The Labute approximate surface area is 78.0 Å². The van der Waals surface area contributed by atoms with Crippen molar-refractivity contribution >= 4 is 15.9 Å². The summed E-state index contributed by atoms with van der Waals surface area (Å²) in [4.78, 5) is 0. The van der Waals surface area contributed by atoms with Gasteiger partial charge in [-0.3, -0.25) is 0 Å². The highest BCUT2D eigenvalue weighted by atomic mass is 79.9. The van der Waals surface area contributed by atoms with Gasteiger partial charge in [0.2, 0.25) is 0 Å². The lowest BCUT2D eigenvalue weighted by Gasteiger charge is -2.28. The minimum atomic E-state index is -4.04. The first-order valence-corrected chi connectivity index (χ1v) is 4.95. The number of allylic oxidation sites excluding steroid dienone is 2. The van der Waals surface area contributed by atoms with Gasteiger partial charge in [-0.15, -0.1) is 0 Å². The Morgan fingerprint density at radius 1 is 1.25 bits per heavy atom. The van der Waals surface area contributed by atoms with E-state index in [4.69, 9.17) is 0 Å². The molecule has 70 valence electrons. The van der Waals surface area contributed by atoms with Crippen molar-refractivity contribution in [2.45, 2.75) is 19.0 Å². The molecule has 0 spiro atoms. The molecule has 1 aliphatic carbocycles. The van der Waals surface area contributed by atoms with E-state index < -0.39 is 12.1 Å². The predicted molar refractivity (Wildman–Crippen MR) is 45.2 cm³/mol. The van der Waals surface area contributed by atoms with Crippen LogP contribution < -0.4 is 0 Å². The molecule has 0 radical (unpaired) electrons. The standard InChI is InChI=1S/C8H10BrF3/c9-5-6-3-1-2-4-7(6)8(10,11)12/h1-2,6-7H,3-5H2/t6-,7+/m0/s1. The van der Waals surface area contributed by atoms with E-state index in [1.54, 1.807) is 6.08 Å². The Kier molecular flexibility index (Phi) is 3.21. The second kappa shape index (κ2) is 3.81. The van der Waals surface area contributed by atoms with Crippen molar-refractivity contribution < 1.29 is 13.2 Å². The fraction of sp³-hybridized carbons (Fsp3) is 0.750. The van der Waals surface area contributed by atoms with E-state index >= 15 is 0 Å². The van der Waals surface area contributed by atoms with Gasteiger partial charge >= 0.3 is 6.18 Å². The lowest BCUT2D eigenvalue weighted by Crippen LogP contribution is -2.32. The molecule has 1 aliphatic rings. The highest BCUT2D eigenvalue weighted by Gasteiger charge is 2.43. The van der Waals surface area contributed by atoms with Crippen LogP contribution in [0.2, 0.25) is 0 Å². The van der Waals surface area contributed by atoms with Gasteiger partial charge in [0.05, 0.1) is 5.92 Å². The number of rotatable bonds is 1. The average Bonchev–Trinajstić information content (AvgIpc) is 2.03. The Morgan fingerprint density at radius 2 is 1.83 bits per heavy atom. The summed E-state index contributed by atoms with van der Waals surface area (Å²) in [7, 11) is 0.